The molecule has 114 valence electrons. The molecule has 1 aromatic heterocycles. The van der Waals surface area contributed by atoms with Crippen molar-refractivity contribution in [3.05, 3.63) is 73.1 Å². The van der Waals surface area contributed by atoms with Crippen LogP contribution in [0.15, 0.2) is 73.1 Å². The van der Waals surface area contributed by atoms with Crippen LogP contribution in [-0.4, -0.2) is 10.9 Å². The summed E-state index contributed by atoms with van der Waals surface area (Å²) in [5.74, 6) is -0.0835. The van der Waals surface area contributed by atoms with Crippen LogP contribution in [0.25, 0.3) is 11.1 Å². The molecule has 0 saturated carbocycles. The Morgan fingerprint density at radius 1 is 0.826 bits per heavy atom. The van der Waals surface area contributed by atoms with E-state index in [1.165, 1.54) is 6.92 Å². The standard InChI is InChI=1S/C19H17N3O/c1-14(23)21-18-9-5-6-15(10-18)16-11-19(13-20-12-16)22-17-7-3-2-4-8-17/h2-13,22H,1H3,(H,21,23). The molecule has 0 unspecified atom stereocenters. The van der Waals surface area contributed by atoms with Gasteiger partial charge in [-0.15, -0.1) is 0 Å². The van der Waals surface area contributed by atoms with E-state index in [4.69, 9.17) is 0 Å². The summed E-state index contributed by atoms with van der Waals surface area (Å²) in [6, 6.07) is 19.7. The summed E-state index contributed by atoms with van der Waals surface area (Å²) < 4.78 is 0. The Morgan fingerprint density at radius 2 is 1.57 bits per heavy atom. The van der Waals surface area contributed by atoms with Crippen molar-refractivity contribution in [3.8, 4) is 11.1 Å². The SMILES string of the molecule is CC(=O)Nc1cccc(-c2cncc(Nc3ccccc3)c2)c1. The average Bonchev–Trinajstić information content (AvgIpc) is 2.56. The number of carbonyl (C=O) groups excluding carboxylic acids is 1. The van der Waals surface area contributed by atoms with Gasteiger partial charge in [0.2, 0.25) is 5.91 Å². The van der Waals surface area contributed by atoms with Crippen molar-refractivity contribution in [2.24, 2.45) is 0 Å². The topological polar surface area (TPSA) is 54.0 Å². The van der Waals surface area contributed by atoms with Crippen molar-refractivity contribution in [2.75, 3.05) is 10.6 Å². The van der Waals surface area contributed by atoms with Gasteiger partial charge in [0.1, 0.15) is 0 Å². The van der Waals surface area contributed by atoms with Gasteiger partial charge in [-0.1, -0.05) is 30.3 Å². The minimum absolute atomic E-state index is 0.0835. The molecule has 4 heteroatoms. The van der Waals surface area contributed by atoms with Crippen LogP contribution in [0.5, 0.6) is 0 Å². The first-order chi connectivity index (χ1) is 11.2. The fourth-order valence-corrected chi connectivity index (χ4v) is 2.33. The Hall–Kier alpha value is -3.14. The van der Waals surface area contributed by atoms with Gasteiger partial charge in [0, 0.05) is 30.1 Å². The van der Waals surface area contributed by atoms with Gasteiger partial charge < -0.3 is 10.6 Å². The molecule has 2 N–H and O–H groups in total. The number of benzene rings is 2. The van der Waals surface area contributed by atoms with Gasteiger partial charge in [-0.05, 0) is 35.9 Å². The molecule has 0 atom stereocenters. The Morgan fingerprint density at radius 3 is 2.35 bits per heavy atom. The second-order valence-corrected chi connectivity index (χ2v) is 5.22. The summed E-state index contributed by atoms with van der Waals surface area (Å²) >= 11 is 0. The van der Waals surface area contributed by atoms with Crippen LogP contribution in [0.4, 0.5) is 17.1 Å². The Labute approximate surface area is 135 Å². The quantitative estimate of drug-likeness (QED) is 0.748. The van der Waals surface area contributed by atoms with Crippen LogP contribution < -0.4 is 10.6 Å². The number of rotatable bonds is 4. The van der Waals surface area contributed by atoms with Crippen molar-refractivity contribution >= 4 is 23.0 Å². The van der Waals surface area contributed by atoms with E-state index in [9.17, 15) is 4.79 Å². The van der Waals surface area contributed by atoms with Gasteiger partial charge >= 0.3 is 0 Å². The number of amides is 1. The fourth-order valence-electron chi connectivity index (χ4n) is 2.33. The molecule has 0 radical (unpaired) electrons. The normalized spacial score (nSPS) is 10.1. The first-order valence-corrected chi connectivity index (χ1v) is 7.36. The molecule has 2 aromatic carbocycles. The highest BCUT2D eigenvalue weighted by Crippen LogP contribution is 2.25. The Kier molecular flexibility index (Phi) is 4.34. The molecule has 0 saturated heterocycles. The summed E-state index contributed by atoms with van der Waals surface area (Å²) in [7, 11) is 0. The first-order valence-electron chi connectivity index (χ1n) is 7.36. The number of hydrogen-bond acceptors (Lipinski definition) is 3. The molecule has 0 aliphatic carbocycles. The highest BCUT2D eigenvalue weighted by molar-refractivity contribution is 5.89. The summed E-state index contributed by atoms with van der Waals surface area (Å²) in [6.07, 6.45) is 3.59. The molecular formula is C19H17N3O. The lowest BCUT2D eigenvalue weighted by atomic mass is 10.1. The van der Waals surface area contributed by atoms with Crippen LogP contribution in [-0.2, 0) is 4.79 Å². The maximum atomic E-state index is 11.2. The van der Waals surface area contributed by atoms with Gasteiger partial charge in [0.15, 0.2) is 0 Å². The number of aromatic nitrogens is 1. The molecule has 3 aromatic rings. The minimum Gasteiger partial charge on any atom is -0.354 e. The monoisotopic (exact) mass is 303 g/mol. The molecule has 0 fully saturated rings. The van der Waals surface area contributed by atoms with Gasteiger partial charge in [0.05, 0.1) is 11.9 Å². The number of nitrogens with one attached hydrogen (secondary N) is 2. The molecule has 1 heterocycles. The molecule has 0 bridgehead atoms. The van der Waals surface area contributed by atoms with Gasteiger partial charge in [-0.25, -0.2) is 0 Å². The summed E-state index contributed by atoms with van der Waals surface area (Å²) in [5.41, 5.74) is 4.69. The molecule has 0 aliphatic rings. The maximum Gasteiger partial charge on any atom is 0.221 e. The lowest BCUT2D eigenvalue weighted by Crippen LogP contribution is -2.05. The fraction of sp³-hybridized carbons (Fsp3) is 0.0526. The van der Waals surface area contributed by atoms with Crippen molar-refractivity contribution in [2.45, 2.75) is 6.92 Å². The summed E-state index contributed by atoms with van der Waals surface area (Å²) in [6.45, 7) is 1.50. The third-order valence-corrected chi connectivity index (χ3v) is 3.32. The largest absolute Gasteiger partial charge is 0.354 e. The molecule has 1 amide bonds. The minimum atomic E-state index is -0.0835. The zero-order valence-corrected chi connectivity index (χ0v) is 12.8. The van der Waals surface area contributed by atoms with Crippen molar-refractivity contribution in [1.82, 2.24) is 4.98 Å². The van der Waals surface area contributed by atoms with E-state index in [1.54, 1.807) is 6.20 Å². The number of pyridine rings is 1. The summed E-state index contributed by atoms with van der Waals surface area (Å²) in [4.78, 5) is 15.5. The highest BCUT2D eigenvalue weighted by atomic mass is 16.1. The van der Waals surface area contributed by atoms with Crippen LogP contribution in [0, 0.1) is 0 Å². The molecular weight excluding hydrogens is 286 g/mol. The predicted octanol–water partition coefficient (Wildman–Crippen LogP) is 4.45. The van der Waals surface area contributed by atoms with E-state index in [2.05, 4.69) is 15.6 Å². The number of para-hydroxylation sites is 1. The second-order valence-electron chi connectivity index (χ2n) is 5.22. The van der Waals surface area contributed by atoms with E-state index in [0.29, 0.717) is 0 Å². The van der Waals surface area contributed by atoms with Crippen LogP contribution >= 0.6 is 0 Å². The van der Waals surface area contributed by atoms with Gasteiger partial charge in [0.25, 0.3) is 0 Å². The Balaban J connectivity index is 1.86. The number of carbonyl (C=O) groups is 1. The van der Waals surface area contributed by atoms with Crippen molar-refractivity contribution < 1.29 is 4.79 Å². The molecule has 4 nitrogen and oxygen atoms in total. The number of anilines is 3. The lowest BCUT2D eigenvalue weighted by molar-refractivity contribution is -0.114. The van der Waals surface area contributed by atoms with Crippen LogP contribution in [0.3, 0.4) is 0 Å². The molecule has 0 spiro atoms. The summed E-state index contributed by atoms with van der Waals surface area (Å²) in [5, 5.41) is 6.12. The predicted molar refractivity (Wildman–Crippen MR) is 93.7 cm³/mol. The van der Waals surface area contributed by atoms with Gasteiger partial charge in [-0.2, -0.15) is 0 Å². The van der Waals surface area contributed by atoms with Crippen LogP contribution in [0.1, 0.15) is 6.92 Å². The van der Waals surface area contributed by atoms with E-state index >= 15 is 0 Å². The average molecular weight is 303 g/mol. The van der Waals surface area contributed by atoms with E-state index in [0.717, 1.165) is 28.2 Å². The second kappa shape index (κ2) is 6.75. The molecule has 23 heavy (non-hydrogen) atoms. The smallest absolute Gasteiger partial charge is 0.221 e. The zero-order valence-electron chi connectivity index (χ0n) is 12.8. The van der Waals surface area contributed by atoms with Crippen LogP contribution in [0.2, 0.25) is 0 Å². The maximum absolute atomic E-state index is 11.2. The third-order valence-electron chi connectivity index (χ3n) is 3.32. The Bertz CT molecular complexity index is 816. The highest BCUT2D eigenvalue weighted by Gasteiger charge is 2.03. The van der Waals surface area contributed by atoms with Crippen molar-refractivity contribution in [3.63, 3.8) is 0 Å². The third kappa shape index (κ3) is 3.95. The van der Waals surface area contributed by atoms with E-state index in [1.807, 2.05) is 66.9 Å². The zero-order chi connectivity index (χ0) is 16.1. The van der Waals surface area contributed by atoms with Crippen molar-refractivity contribution in [1.29, 1.82) is 0 Å². The van der Waals surface area contributed by atoms with E-state index < -0.39 is 0 Å². The molecule has 0 aliphatic heterocycles. The number of hydrogen-bond donors (Lipinski definition) is 2. The van der Waals surface area contributed by atoms with E-state index in [-0.39, 0.29) is 5.91 Å². The lowest BCUT2D eigenvalue weighted by Gasteiger charge is -2.09. The number of nitrogens with zero attached hydrogens (tertiary/aromatic N) is 1. The molecule has 3 rings (SSSR count). The first kappa shape index (κ1) is 14.8. The van der Waals surface area contributed by atoms with Gasteiger partial charge in [-0.3, -0.25) is 9.78 Å².